The van der Waals surface area contributed by atoms with Crippen LogP contribution in [0, 0.1) is 0 Å². The fourth-order valence-electron chi connectivity index (χ4n) is 2.25. The molecule has 1 aromatic carbocycles. The second kappa shape index (κ2) is 5.85. The molecule has 0 fully saturated rings. The quantitative estimate of drug-likeness (QED) is 0.644. The summed E-state index contributed by atoms with van der Waals surface area (Å²) in [6.45, 7) is 3.16. The summed E-state index contributed by atoms with van der Waals surface area (Å²) in [6.07, 6.45) is 3.38. The molecule has 2 aromatic rings. The fourth-order valence-corrected chi connectivity index (χ4v) is 2.25. The zero-order valence-electron chi connectivity index (χ0n) is 11.1. The summed E-state index contributed by atoms with van der Waals surface area (Å²) in [4.78, 5) is 10.8. The topological polar surface area (TPSA) is 76.3 Å². The van der Waals surface area contributed by atoms with Gasteiger partial charge in [-0.25, -0.2) is 10.8 Å². The molecule has 0 radical (unpaired) electrons. The molecular weight excluding hydrogens is 254 g/mol. The van der Waals surface area contributed by atoms with Crippen LogP contribution in [0.15, 0.2) is 36.7 Å². The number of benzene rings is 1. The molecule has 104 valence electrons. The molecule has 0 aliphatic carbocycles. The third kappa shape index (κ3) is 2.87. The lowest BCUT2D eigenvalue weighted by Crippen LogP contribution is -2.25. The van der Waals surface area contributed by atoms with E-state index in [9.17, 15) is 0 Å². The van der Waals surface area contributed by atoms with Gasteiger partial charge in [0.05, 0.1) is 18.1 Å². The van der Waals surface area contributed by atoms with Crippen molar-refractivity contribution in [2.24, 2.45) is 5.84 Å². The Morgan fingerprint density at radius 2 is 2.15 bits per heavy atom. The van der Waals surface area contributed by atoms with Crippen LogP contribution < -0.4 is 16.0 Å². The first-order valence-electron chi connectivity index (χ1n) is 6.56. The van der Waals surface area contributed by atoms with Gasteiger partial charge >= 0.3 is 0 Å². The highest BCUT2D eigenvalue weighted by Crippen LogP contribution is 2.23. The minimum atomic E-state index is 0.568. The normalized spacial score (nSPS) is 15.1. The first kappa shape index (κ1) is 12.8. The molecule has 1 aliphatic heterocycles. The highest BCUT2D eigenvalue weighted by molar-refractivity contribution is 5.34. The van der Waals surface area contributed by atoms with Crippen molar-refractivity contribution in [3.05, 3.63) is 47.9 Å². The average molecular weight is 271 g/mol. The van der Waals surface area contributed by atoms with Gasteiger partial charge in [-0.15, -0.1) is 0 Å². The van der Waals surface area contributed by atoms with Gasteiger partial charge in [0, 0.05) is 25.2 Å². The molecule has 0 amide bonds. The van der Waals surface area contributed by atoms with Crippen molar-refractivity contribution < 1.29 is 4.74 Å². The molecule has 0 saturated carbocycles. The van der Waals surface area contributed by atoms with Crippen LogP contribution in [-0.4, -0.2) is 28.0 Å². The third-order valence-electron chi connectivity index (χ3n) is 3.27. The Bertz CT molecular complexity index is 572. The monoisotopic (exact) mass is 271 g/mol. The molecular formula is C14H17N5O. The maximum atomic E-state index is 5.75. The van der Waals surface area contributed by atoms with Crippen LogP contribution in [0.2, 0.25) is 0 Å². The summed E-state index contributed by atoms with van der Waals surface area (Å²) >= 11 is 0. The number of rotatable bonds is 3. The van der Waals surface area contributed by atoms with Gasteiger partial charge in [-0.05, 0) is 6.07 Å². The minimum Gasteiger partial charge on any atom is -0.492 e. The first-order chi connectivity index (χ1) is 9.85. The van der Waals surface area contributed by atoms with Crippen LogP contribution >= 0.6 is 0 Å². The molecule has 6 nitrogen and oxygen atoms in total. The maximum Gasteiger partial charge on any atom is 0.158 e. The van der Waals surface area contributed by atoms with E-state index in [0.717, 1.165) is 31.1 Å². The maximum absolute atomic E-state index is 5.75. The summed E-state index contributed by atoms with van der Waals surface area (Å²) in [5.74, 6) is 6.82. The van der Waals surface area contributed by atoms with E-state index in [-0.39, 0.29) is 0 Å². The summed E-state index contributed by atoms with van der Waals surface area (Å²) in [7, 11) is 0. The standard InChI is InChI=1S/C14H17N5O/c15-18-14-8-16-12(7-17-14)10-19-5-6-20-13-4-2-1-3-11(13)9-19/h1-4,7-8H,5-6,9-10,15H2,(H,17,18). The number of nitrogens with two attached hydrogens (primary N) is 1. The lowest BCUT2D eigenvalue weighted by atomic mass is 10.2. The molecule has 2 heterocycles. The number of hydrazine groups is 1. The van der Waals surface area contributed by atoms with Gasteiger partial charge in [-0.3, -0.25) is 9.88 Å². The van der Waals surface area contributed by atoms with Gasteiger partial charge in [0.25, 0.3) is 0 Å². The van der Waals surface area contributed by atoms with Crippen molar-refractivity contribution in [3.8, 4) is 5.75 Å². The van der Waals surface area contributed by atoms with Crippen molar-refractivity contribution in [1.29, 1.82) is 0 Å². The Balaban J connectivity index is 1.71. The van der Waals surface area contributed by atoms with Crippen LogP contribution in [0.1, 0.15) is 11.3 Å². The predicted molar refractivity (Wildman–Crippen MR) is 75.9 cm³/mol. The van der Waals surface area contributed by atoms with E-state index in [0.29, 0.717) is 12.4 Å². The van der Waals surface area contributed by atoms with Crippen molar-refractivity contribution >= 4 is 5.82 Å². The van der Waals surface area contributed by atoms with Gasteiger partial charge in [0.15, 0.2) is 5.82 Å². The van der Waals surface area contributed by atoms with Gasteiger partial charge in [0.1, 0.15) is 12.4 Å². The smallest absolute Gasteiger partial charge is 0.158 e. The number of nitrogens with zero attached hydrogens (tertiary/aromatic N) is 3. The SMILES string of the molecule is NNc1cnc(CN2CCOc3ccccc3C2)cn1. The lowest BCUT2D eigenvalue weighted by molar-refractivity contribution is 0.217. The first-order valence-corrected chi connectivity index (χ1v) is 6.56. The van der Waals surface area contributed by atoms with E-state index in [1.54, 1.807) is 12.4 Å². The zero-order valence-corrected chi connectivity index (χ0v) is 11.1. The summed E-state index contributed by atoms with van der Waals surface area (Å²) in [5.41, 5.74) is 4.60. The van der Waals surface area contributed by atoms with Crippen LogP contribution in [0.5, 0.6) is 5.75 Å². The Morgan fingerprint density at radius 1 is 1.25 bits per heavy atom. The van der Waals surface area contributed by atoms with Crippen molar-refractivity contribution in [2.75, 3.05) is 18.6 Å². The lowest BCUT2D eigenvalue weighted by Gasteiger charge is -2.18. The van der Waals surface area contributed by atoms with Crippen molar-refractivity contribution in [2.45, 2.75) is 13.1 Å². The molecule has 1 aromatic heterocycles. The Labute approximate surface area is 117 Å². The van der Waals surface area contributed by atoms with Crippen LogP contribution in [-0.2, 0) is 13.1 Å². The molecule has 0 saturated heterocycles. The Hall–Kier alpha value is -2.18. The zero-order chi connectivity index (χ0) is 13.8. The number of nitrogen functional groups attached to an aromatic ring is 1. The predicted octanol–water partition coefficient (Wildman–Crippen LogP) is 1.16. The number of hydrogen-bond donors (Lipinski definition) is 2. The van der Waals surface area contributed by atoms with Crippen LogP contribution in [0.3, 0.4) is 0 Å². The second-order valence-corrected chi connectivity index (χ2v) is 4.70. The highest BCUT2D eigenvalue weighted by atomic mass is 16.5. The largest absolute Gasteiger partial charge is 0.492 e. The highest BCUT2D eigenvalue weighted by Gasteiger charge is 2.15. The van der Waals surface area contributed by atoms with E-state index in [1.807, 2.05) is 18.2 Å². The molecule has 6 heteroatoms. The van der Waals surface area contributed by atoms with E-state index >= 15 is 0 Å². The molecule has 3 rings (SSSR count). The average Bonchev–Trinajstić information content (AvgIpc) is 2.69. The third-order valence-corrected chi connectivity index (χ3v) is 3.27. The van der Waals surface area contributed by atoms with Crippen LogP contribution in [0.25, 0.3) is 0 Å². The summed E-state index contributed by atoms with van der Waals surface area (Å²) in [6, 6.07) is 8.15. The molecule has 0 unspecified atom stereocenters. The van der Waals surface area contributed by atoms with Gasteiger partial charge in [-0.2, -0.15) is 0 Å². The number of ether oxygens (including phenoxy) is 1. The molecule has 3 N–H and O–H groups in total. The Morgan fingerprint density at radius 3 is 2.95 bits per heavy atom. The van der Waals surface area contributed by atoms with Crippen molar-refractivity contribution in [3.63, 3.8) is 0 Å². The Kier molecular flexibility index (Phi) is 3.76. The number of anilines is 1. The molecule has 20 heavy (non-hydrogen) atoms. The van der Waals surface area contributed by atoms with E-state index in [1.165, 1.54) is 5.56 Å². The number of para-hydroxylation sites is 1. The van der Waals surface area contributed by atoms with Gasteiger partial charge in [0.2, 0.25) is 0 Å². The van der Waals surface area contributed by atoms with E-state index in [4.69, 9.17) is 10.6 Å². The number of nitrogens with one attached hydrogen (secondary N) is 1. The molecule has 1 aliphatic rings. The molecule has 0 spiro atoms. The van der Waals surface area contributed by atoms with Crippen molar-refractivity contribution in [1.82, 2.24) is 14.9 Å². The second-order valence-electron chi connectivity index (χ2n) is 4.70. The van der Waals surface area contributed by atoms with Crippen LogP contribution in [0.4, 0.5) is 5.82 Å². The molecule has 0 bridgehead atoms. The fraction of sp³-hybridized carbons (Fsp3) is 0.286. The molecule has 0 atom stereocenters. The number of fused-ring (bicyclic) bond motifs is 1. The van der Waals surface area contributed by atoms with Gasteiger partial charge in [-0.1, -0.05) is 18.2 Å². The number of hydrogen-bond acceptors (Lipinski definition) is 6. The van der Waals surface area contributed by atoms with E-state index < -0.39 is 0 Å². The summed E-state index contributed by atoms with van der Waals surface area (Å²) in [5, 5.41) is 0. The van der Waals surface area contributed by atoms with E-state index in [2.05, 4.69) is 26.4 Å². The summed E-state index contributed by atoms with van der Waals surface area (Å²) < 4.78 is 5.75. The van der Waals surface area contributed by atoms with Gasteiger partial charge < -0.3 is 10.2 Å². The number of aromatic nitrogens is 2. The minimum absolute atomic E-state index is 0.568.